The van der Waals surface area contributed by atoms with Crippen LogP contribution in [0.3, 0.4) is 0 Å². The van der Waals surface area contributed by atoms with E-state index in [0.29, 0.717) is 5.92 Å². The second-order valence-corrected chi connectivity index (χ2v) is 3.74. The molecule has 1 aliphatic rings. The summed E-state index contributed by atoms with van der Waals surface area (Å²) in [4.78, 5) is 0. The zero-order chi connectivity index (χ0) is 8.60. The van der Waals surface area contributed by atoms with Crippen molar-refractivity contribution in [1.29, 1.82) is 0 Å². The first-order chi connectivity index (χ1) is 5.72. The van der Waals surface area contributed by atoms with Crippen molar-refractivity contribution in [2.24, 2.45) is 0 Å². The van der Waals surface area contributed by atoms with E-state index >= 15 is 0 Å². The van der Waals surface area contributed by atoms with Crippen molar-refractivity contribution in [3.05, 3.63) is 35.9 Å². The highest BCUT2D eigenvalue weighted by atomic mass is 16.3. The quantitative estimate of drug-likeness (QED) is 0.707. The summed E-state index contributed by atoms with van der Waals surface area (Å²) in [5.74, 6) is 0.290. The van der Waals surface area contributed by atoms with E-state index in [9.17, 15) is 5.11 Å². The Morgan fingerprint density at radius 2 is 1.83 bits per heavy atom. The van der Waals surface area contributed by atoms with E-state index in [0.717, 1.165) is 12.8 Å². The number of rotatable bonds is 2. The largest absolute Gasteiger partial charge is 0.389 e. The lowest BCUT2D eigenvalue weighted by Crippen LogP contribution is -2.16. The fourth-order valence-electron chi connectivity index (χ4n) is 1.61. The highest BCUT2D eigenvalue weighted by Gasteiger charge is 2.45. The van der Waals surface area contributed by atoms with Gasteiger partial charge in [-0.05, 0) is 18.4 Å². The molecule has 1 unspecified atom stereocenters. The summed E-state index contributed by atoms with van der Waals surface area (Å²) >= 11 is 0. The maximum absolute atomic E-state index is 9.85. The van der Waals surface area contributed by atoms with Gasteiger partial charge in [0.15, 0.2) is 0 Å². The van der Waals surface area contributed by atoms with Crippen LogP contribution >= 0.6 is 0 Å². The van der Waals surface area contributed by atoms with Gasteiger partial charge in [0.2, 0.25) is 0 Å². The van der Waals surface area contributed by atoms with Gasteiger partial charge in [-0.25, -0.2) is 0 Å². The van der Waals surface area contributed by atoms with E-state index in [1.165, 1.54) is 5.56 Å². The van der Waals surface area contributed by atoms with Crippen molar-refractivity contribution in [2.75, 3.05) is 0 Å². The van der Waals surface area contributed by atoms with Crippen molar-refractivity contribution < 1.29 is 5.11 Å². The fraction of sp³-hybridized carbons (Fsp3) is 0.455. The Balaban J connectivity index is 2.20. The summed E-state index contributed by atoms with van der Waals surface area (Å²) in [6.45, 7) is 2.10. The van der Waals surface area contributed by atoms with E-state index < -0.39 is 0 Å². The van der Waals surface area contributed by atoms with Gasteiger partial charge < -0.3 is 5.11 Å². The van der Waals surface area contributed by atoms with Crippen LogP contribution < -0.4 is 0 Å². The van der Waals surface area contributed by atoms with Gasteiger partial charge in [-0.3, -0.25) is 0 Å². The Hall–Kier alpha value is -0.820. The molecule has 1 heteroatoms. The maximum Gasteiger partial charge on any atom is 0.0715 e. The molecule has 2 rings (SSSR count). The standard InChI is InChI=1S/C11H14O/c1-9(11(12)7-8-11)10-5-3-2-4-6-10/h2-6,9,12H,7-8H2,1H3. The summed E-state index contributed by atoms with van der Waals surface area (Å²) in [5.41, 5.74) is 0.860. The van der Waals surface area contributed by atoms with E-state index in [1.807, 2.05) is 18.2 Å². The molecule has 0 radical (unpaired) electrons. The third kappa shape index (κ3) is 1.25. The molecule has 0 saturated heterocycles. The topological polar surface area (TPSA) is 20.2 Å². The predicted octanol–water partition coefficient (Wildman–Crippen LogP) is 2.32. The molecule has 0 amide bonds. The zero-order valence-electron chi connectivity index (χ0n) is 7.33. The number of hydrogen-bond acceptors (Lipinski definition) is 1. The maximum atomic E-state index is 9.85. The van der Waals surface area contributed by atoms with Crippen LogP contribution in [0.25, 0.3) is 0 Å². The molecule has 64 valence electrons. The first-order valence-corrected chi connectivity index (χ1v) is 4.50. The lowest BCUT2D eigenvalue weighted by molar-refractivity contribution is 0.124. The molecule has 1 N–H and O–H groups in total. The summed E-state index contributed by atoms with van der Waals surface area (Å²) < 4.78 is 0. The van der Waals surface area contributed by atoms with Crippen LogP contribution in [-0.2, 0) is 0 Å². The minimum atomic E-state index is -0.388. The Morgan fingerprint density at radius 1 is 1.25 bits per heavy atom. The lowest BCUT2D eigenvalue weighted by Gasteiger charge is -2.17. The first kappa shape index (κ1) is 7.81. The lowest BCUT2D eigenvalue weighted by atomic mass is 9.94. The van der Waals surface area contributed by atoms with Gasteiger partial charge in [-0.15, -0.1) is 0 Å². The molecular weight excluding hydrogens is 148 g/mol. The Morgan fingerprint density at radius 3 is 2.33 bits per heavy atom. The van der Waals surface area contributed by atoms with Gasteiger partial charge in [0.25, 0.3) is 0 Å². The summed E-state index contributed by atoms with van der Waals surface area (Å²) in [6.07, 6.45) is 1.92. The molecule has 1 saturated carbocycles. The minimum absolute atomic E-state index is 0.290. The van der Waals surface area contributed by atoms with Crippen LogP contribution in [0.1, 0.15) is 31.2 Å². The van der Waals surface area contributed by atoms with E-state index in [-0.39, 0.29) is 5.60 Å². The van der Waals surface area contributed by atoms with Gasteiger partial charge in [0, 0.05) is 5.92 Å². The summed E-state index contributed by atoms with van der Waals surface area (Å²) in [5, 5.41) is 9.85. The molecular formula is C11H14O. The second-order valence-electron chi connectivity index (χ2n) is 3.74. The van der Waals surface area contributed by atoms with E-state index in [1.54, 1.807) is 0 Å². The van der Waals surface area contributed by atoms with Crippen molar-refractivity contribution in [1.82, 2.24) is 0 Å². The molecule has 1 fully saturated rings. The van der Waals surface area contributed by atoms with Crippen molar-refractivity contribution in [3.63, 3.8) is 0 Å². The Bertz CT molecular complexity index is 262. The molecule has 0 aromatic heterocycles. The van der Waals surface area contributed by atoms with Crippen LogP contribution in [0.4, 0.5) is 0 Å². The van der Waals surface area contributed by atoms with E-state index in [4.69, 9.17) is 0 Å². The van der Waals surface area contributed by atoms with Crippen LogP contribution in [0.5, 0.6) is 0 Å². The highest BCUT2D eigenvalue weighted by Crippen LogP contribution is 2.46. The van der Waals surface area contributed by atoms with Crippen molar-refractivity contribution in [2.45, 2.75) is 31.3 Å². The molecule has 0 spiro atoms. The molecule has 1 aliphatic carbocycles. The monoisotopic (exact) mass is 162 g/mol. The van der Waals surface area contributed by atoms with Crippen LogP contribution in [0.15, 0.2) is 30.3 Å². The van der Waals surface area contributed by atoms with Crippen molar-refractivity contribution >= 4 is 0 Å². The average molecular weight is 162 g/mol. The molecule has 1 atom stereocenters. The molecule has 1 nitrogen and oxygen atoms in total. The van der Waals surface area contributed by atoms with Crippen molar-refractivity contribution in [3.8, 4) is 0 Å². The smallest absolute Gasteiger partial charge is 0.0715 e. The van der Waals surface area contributed by atoms with Gasteiger partial charge in [-0.1, -0.05) is 37.3 Å². The zero-order valence-corrected chi connectivity index (χ0v) is 7.33. The Kier molecular flexibility index (Phi) is 1.69. The SMILES string of the molecule is CC(c1ccccc1)C1(O)CC1. The van der Waals surface area contributed by atoms with Crippen LogP contribution in [0.2, 0.25) is 0 Å². The van der Waals surface area contributed by atoms with Gasteiger partial charge in [-0.2, -0.15) is 0 Å². The third-order valence-electron chi connectivity index (χ3n) is 2.87. The minimum Gasteiger partial charge on any atom is -0.389 e. The van der Waals surface area contributed by atoms with Gasteiger partial charge in [0.05, 0.1) is 5.60 Å². The molecule has 0 aliphatic heterocycles. The molecule has 1 aromatic carbocycles. The predicted molar refractivity (Wildman–Crippen MR) is 49.0 cm³/mol. The summed E-state index contributed by atoms with van der Waals surface area (Å²) in [7, 11) is 0. The third-order valence-corrected chi connectivity index (χ3v) is 2.87. The normalized spacial score (nSPS) is 21.8. The molecule has 0 bridgehead atoms. The summed E-state index contributed by atoms with van der Waals surface area (Å²) in [6, 6.07) is 10.2. The average Bonchev–Trinajstić information content (AvgIpc) is 2.85. The number of benzene rings is 1. The number of aliphatic hydroxyl groups is 1. The van der Waals surface area contributed by atoms with Crippen LogP contribution in [-0.4, -0.2) is 10.7 Å². The fourth-order valence-corrected chi connectivity index (χ4v) is 1.61. The molecule has 1 aromatic rings. The second kappa shape index (κ2) is 2.60. The van der Waals surface area contributed by atoms with Crippen LogP contribution in [0, 0.1) is 0 Å². The first-order valence-electron chi connectivity index (χ1n) is 4.50. The van der Waals surface area contributed by atoms with Gasteiger partial charge in [0.1, 0.15) is 0 Å². The Labute approximate surface area is 73.0 Å². The van der Waals surface area contributed by atoms with E-state index in [2.05, 4.69) is 19.1 Å². The molecule has 0 heterocycles. The molecule has 12 heavy (non-hydrogen) atoms. The number of hydrogen-bond donors (Lipinski definition) is 1. The highest BCUT2D eigenvalue weighted by molar-refractivity contribution is 5.24. The van der Waals surface area contributed by atoms with Gasteiger partial charge >= 0.3 is 0 Å².